The number of ether oxygens (including phenoxy) is 1. The topological polar surface area (TPSA) is 95.9 Å². The van der Waals surface area contributed by atoms with Crippen molar-refractivity contribution in [3.05, 3.63) is 125 Å². The first-order valence-electron chi connectivity index (χ1n) is 13.2. The van der Waals surface area contributed by atoms with E-state index in [2.05, 4.69) is 29.6 Å². The maximum Gasteiger partial charge on any atom is 0.411 e. The van der Waals surface area contributed by atoms with Crippen LogP contribution in [0.2, 0.25) is 0 Å². The molecule has 5 rings (SSSR count). The number of fused-ring (bicyclic) bond motifs is 3. The summed E-state index contributed by atoms with van der Waals surface area (Å²) in [5.74, 6) is -1.29. The Labute approximate surface area is 233 Å². The van der Waals surface area contributed by atoms with E-state index in [0.717, 1.165) is 22.3 Å². The molecule has 4 aromatic rings. The molecule has 0 spiro atoms. The Morgan fingerprint density at radius 2 is 1.35 bits per heavy atom. The molecule has 0 saturated heterocycles. The van der Waals surface area contributed by atoms with Crippen molar-refractivity contribution in [2.75, 3.05) is 18.5 Å². The summed E-state index contributed by atoms with van der Waals surface area (Å²) in [7, 11) is 0. The van der Waals surface area contributed by atoms with Crippen molar-refractivity contribution in [2.45, 2.75) is 25.3 Å². The molecule has 0 radical (unpaired) electrons. The van der Waals surface area contributed by atoms with Crippen molar-refractivity contribution in [1.29, 1.82) is 0 Å². The Hall–Kier alpha value is -4.91. The highest BCUT2D eigenvalue weighted by Crippen LogP contribution is 2.44. The summed E-state index contributed by atoms with van der Waals surface area (Å²) in [6, 6.07) is 32.9. The Morgan fingerprint density at radius 1 is 0.750 bits per heavy atom. The van der Waals surface area contributed by atoms with Crippen LogP contribution in [-0.2, 0) is 27.3 Å². The summed E-state index contributed by atoms with van der Waals surface area (Å²) >= 11 is 0. The average molecular weight is 535 g/mol. The second kappa shape index (κ2) is 12.3. The lowest BCUT2D eigenvalue weighted by Crippen LogP contribution is -2.35. The molecule has 0 aliphatic heterocycles. The molecule has 1 aliphatic rings. The zero-order valence-corrected chi connectivity index (χ0v) is 22.0. The molecule has 0 bridgehead atoms. The first-order chi connectivity index (χ1) is 19.5. The van der Waals surface area contributed by atoms with Crippen molar-refractivity contribution >= 4 is 23.7 Å². The highest BCUT2D eigenvalue weighted by Gasteiger charge is 2.29. The predicted molar refractivity (Wildman–Crippen MR) is 153 cm³/mol. The van der Waals surface area contributed by atoms with Crippen molar-refractivity contribution in [2.24, 2.45) is 0 Å². The minimum absolute atomic E-state index is 0.0133. The van der Waals surface area contributed by atoms with Crippen LogP contribution in [0.1, 0.15) is 34.6 Å². The van der Waals surface area contributed by atoms with Crippen LogP contribution in [0.15, 0.2) is 103 Å². The highest BCUT2D eigenvalue weighted by molar-refractivity contribution is 5.85. The number of carboxylic acid groups (broad SMARTS) is 1. The quantitative estimate of drug-likeness (QED) is 0.257. The minimum atomic E-state index is -1.05. The number of carbonyl (C=O) groups excluding carboxylic acids is 2. The van der Waals surface area contributed by atoms with Crippen LogP contribution in [0.5, 0.6) is 0 Å². The van der Waals surface area contributed by atoms with Crippen molar-refractivity contribution < 1.29 is 24.2 Å². The fourth-order valence-electron chi connectivity index (χ4n) is 5.12. The van der Waals surface area contributed by atoms with Gasteiger partial charge in [-0.1, -0.05) is 91.0 Å². The first-order valence-corrected chi connectivity index (χ1v) is 13.2. The standard InChI is InChI=1S/C33H30N2O5/c36-31(35(21-32(37)38)20-24-8-2-1-3-9-24)19-16-23-14-17-25(18-15-23)34-33(39)40-22-30-28-12-6-4-10-26(28)27-11-5-7-13-29(27)30/h1-15,17-18,30H,16,19-22H2,(H,34,39)(H,37,38). The maximum absolute atomic E-state index is 12.8. The van der Waals surface area contributed by atoms with Gasteiger partial charge in [-0.15, -0.1) is 0 Å². The van der Waals surface area contributed by atoms with Crippen LogP contribution < -0.4 is 5.32 Å². The van der Waals surface area contributed by atoms with Crippen LogP contribution in [0.4, 0.5) is 10.5 Å². The minimum Gasteiger partial charge on any atom is -0.480 e. The van der Waals surface area contributed by atoms with E-state index in [9.17, 15) is 19.5 Å². The normalized spacial score (nSPS) is 11.8. The Kier molecular flexibility index (Phi) is 8.21. The Balaban J connectivity index is 1.13. The van der Waals surface area contributed by atoms with Gasteiger partial charge in [-0.3, -0.25) is 14.9 Å². The number of amides is 2. The van der Waals surface area contributed by atoms with E-state index in [4.69, 9.17) is 4.74 Å². The van der Waals surface area contributed by atoms with Gasteiger partial charge in [-0.2, -0.15) is 0 Å². The van der Waals surface area contributed by atoms with Gasteiger partial charge < -0.3 is 14.7 Å². The van der Waals surface area contributed by atoms with Gasteiger partial charge in [0.25, 0.3) is 0 Å². The summed E-state index contributed by atoms with van der Waals surface area (Å²) in [5, 5.41) is 12.0. The van der Waals surface area contributed by atoms with Crippen molar-refractivity contribution in [1.82, 2.24) is 4.90 Å². The first kappa shape index (κ1) is 26.7. The third kappa shape index (κ3) is 6.38. The highest BCUT2D eigenvalue weighted by atomic mass is 16.5. The molecule has 0 aromatic heterocycles. The zero-order chi connectivity index (χ0) is 27.9. The summed E-state index contributed by atoms with van der Waals surface area (Å²) < 4.78 is 5.61. The van der Waals surface area contributed by atoms with Gasteiger partial charge >= 0.3 is 12.1 Å². The van der Waals surface area contributed by atoms with Crippen LogP contribution in [0, 0.1) is 0 Å². The number of benzene rings is 4. The lowest BCUT2D eigenvalue weighted by molar-refractivity contribution is -0.144. The molecule has 7 heteroatoms. The zero-order valence-electron chi connectivity index (χ0n) is 22.0. The largest absolute Gasteiger partial charge is 0.480 e. The van der Waals surface area contributed by atoms with Gasteiger partial charge in [-0.25, -0.2) is 4.79 Å². The third-order valence-corrected chi connectivity index (χ3v) is 7.07. The molecule has 0 fully saturated rings. The molecule has 202 valence electrons. The summed E-state index contributed by atoms with van der Waals surface area (Å²) in [4.78, 5) is 38.0. The third-order valence-electron chi connectivity index (χ3n) is 7.07. The van der Waals surface area contributed by atoms with E-state index in [1.54, 1.807) is 12.1 Å². The summed E-state index contributed by atoms with van der Waals surface area (Å²) in [6.45, 7) is 0.127. The lowest BCUT2D eigenvalue weighted by Gasteiger charge is -2.21. The fourth-order valence-corrected chi connectivity index (χ4v) is 5.12. The maximum atomic E-state index is 12.8. The van der Waals surface area contributed by atoms with Crippen LogP contribution in [-0.4, -0.2) is 41.1 Å². The number of carbonyl (C=O) groups is 3. The molecule has 0 atom stereocenters. The number of aryl methyl sites for hydroxylation is 1. The van der Waals surface area contributed by atoms with Crippen molar-refractivity contribution in [3.63, 3.8) is 0 Å². The molecule has 0 saturated carbocycles. The van der Waals surface area contributed by atoms with Gasteiger partial charge in [0.2, 0.25) is 5.91 Å². The van der Waals surface area contributed by atoms with E-state index < -0.39 is 12.1 Å². The molecule has 4 aromatic carbocycles. The number of rotatable bonds is 10. The molecular formula is C33H30N2O5. The van der Waals surface area contributed by atoms with E-state index in [1.165, 1.54) is 16.0 Å². The number of nitrogens with one attached hydrogen (secondary N) is 1. The second-order valence-electron chi connectivity index (χ2n) is 9.78. The lowest BCUT2D eigenvalue weighted by atomic mass is 9.98. The van der Waals surface area contributed by atoms with Gasteiger partial charge in [0, 0.05) is 24.6 Å². The van der Waals surface area contributed by atoms with Crippen LogP contribution in [0.25, 0.3) is 11.1 Å². The molecule has 1 aliphatic carbocycles. The van der Waals surface area contributed by atoms with Crippen LogP contribution in [0.3, 0.4) is 0 Å². The molecule has 2 amide bonds. The van der Waals surface area contributed by atoms with E-state index in [1.807, 2.05) is 66.7 Å². The number of hydrogen-bond donors (Lipinski definition) is 2. The van der Waals surface area contributed by atoms with Gasteiger partial charge in [0.1, 0.15) is 13.2 Å². The smallest absolute Gasteiger partial charge is 0.411 e. The summed E-state index contributed by atoms with van der Waals surface area (Å²) in [6.07, 6.45) is 0.101. The van der Waals surface area contributed by atoms with Gasteiger partial charge in [-0.05, 0) is 51.9 Å². The molecule has 7 nitrogen and oxygen atoms in total. The fraction of sp³-hybridized carbons (Fsp3) is 0.182. The number of carboxylic acids is 1. The molecule has 0 unspecified atom stereocenters. The van der Waals surface area contributed by atoms with E-state index >= 15 is 0 Å². The number of anilines is 1. The Bertz CT molecular complexity index is 1460. The molecule has 0 heterocycles. The number of nitrogens with zero attached hydrogens (tertiary/aromatic N) is 1. The van der Waals surface area contributed by atoms with Gasteiger partial charge in [0.05, 0.1) is 0 Å². The number of hydrogen-bond acceptors (Lipinski definition) is 4. The average Bonchev–Trinajstić information content (AvgIpc) is 3.29. The van der Waals surface area contributed by atoms with Crippen molar-refractivity contribution in [3.8, 4) is 11.1 Å². The Morgan fingerprint density at radius 3 is 1.98 bits per heavy atom. The summed E-state index contributed by atoms with van der Waals surface area (Å²) in [5.41, 5.74) is 7.02. The SMILES string of the molecule is O=C(O)CN(Cc1ccccc1)C(=O)CCc1ccc(NC(=O)OCC2c3ccccc3-c3ccccc32)cc1. The monoisotopic (exact) mass is 534 g/mol. The predicted octanol–water partition coefficient (Wildman–Crippen LogP) is 6.09. The number of aliphatic carboxylic acids is 1. The van der Waals surface area contributed by atoms with E-state index in [0.29, 0.717) is 12.1 Å². The second-order valence-corrected chi connectivity index (χ2v) is 9.78. The van der Waals surface area contributed by atoms with Gasteiger partial charge in [0.15, 0.2) is 0 Å². The molecule has 2 N–H and O–H groups in total. The molecular weight excluding hydrogens is 504 g/mol. The van der Waals surface area contributed by atoms with E-state index in [-0.39, 0.29) is 37.9 Å². The van der Waals surface area contributed by atoms with Crippen LogP contribution >= 0.6 is 0 Å². The molecule has 40 heavy (non-hydrogen) atoms.